The molecule has 0 aliphatic carbocycles. The highest BCUT2D eigenvalue weighted by Crippen LogP contribution is 2.31. The molecule has 43 heavy (non-hydrogen) atoms. The number of amides is 2. The number of ether oxygens (including phenoxy) is 1. The average Bonchev–Trinajstić information content (AvgIpc) is 3.37. The van der Waals surface area contributed by atoms with Crippen LogP contribution in [0.5, 0.6) is 5.75 Å². The molecule has 1 heterocycles. The normalized spacial score (nSPS) is 15.1. The third kappa shape index (κ3) is 6.38. The van der Waals surface area contributed by atoms with Crippen LogP contribution in [0.1, 0.15) is 30.0 Å². The van der Waals surface area contributed by atoms with Crippen molar-refractivity contribution in [2.75, 3.05) is 20.2 Å². The van der Waals surface area contributed by atoms with Gasteiger partial charge in [0.1, 0.15) is 11.8 Å². The van der Waals surface area contributed by atoms with Crippen molar-refractivity contribution in [3.05, 3.63) is 108 Å². The fraction of sp³-hybridized carbons (Fsp3) is 0.242. The number of likely N-dealkylation sites (tertiary alicyclic amines) is 1. The van der Waals surface area contributed by atoms with Gasteiger partial charge in [0.25, 0.3) is 10.0 Å². The molecule has 10 heteroatoms. The zero-order valence-electron chi connectivity index (χ0n) is 24.0. The molecule has 1 atom stereocenters. The Hall–Kier alpha value is -4.72. The molecule has 0 radical (unpaired) electrons. The van der Waals surface area contributed by atoms with Crippen LogP contribution in [-0.2, 0) is 32.6 Å². The molecule has 9 nitrogen and oxygen atoms in total. The molecule has 0 bridgehead atoms. The van der Waals surface area contributed by atoms with E-state index in [1.807, 2.05) is 42.5 Å². The second-order valence-corrected chi connectivity index (χ2v) is 12.2. The zero-order valence-corrected chi connectivity index (χ0v) is 24.8. The van der Waals surface area contributed by atoms with Gasteiger partial charge in [-0.15, -0.1) is 0 Å². The van der Waals surface area contributed by atoms with Crippen molar-refractivity contribution in [3.63, 3.8) is 0 Å². The van der Waals surface area contributed by atoms with E-state index in [2.05, 4.69) is 6.07 Å². The van der Waals surface area contributed by atoms with Gasteiger partial charge in [0.05, 0.1) is 23.6 Å². The number of fused-ring (bicyclic) bond motifs is 1. The molecule has 5 rings (SSSR count). The van der Waals surface area contributed by atoms with E-state index < -0.39 is 27.9 Å². The first-order valence-corrected chi connectivity index (χ1v) is 15.4. The summed E-state index contributed by atoms with van der Waals surface area (Å²) in [5, 5.41) is 11.9. The maximum atomic E-state index is 14.4. The molecule has 1 saturated heterocycles. The van der Waals surface area contributed by atoms with Crippen LogP contribution in [0, 0.1) is 11.3 Å². The van der Waals surface area contributed by atoms with Crippen LogP contribution in [0.25, 0.3) is 10.8 Å². The number of methoxy groups -OCH3 is 1. The van der Waals surface area contributed by atoms with Crippen LogP contribution in [-0.4, -0.2) is 60.8 Å². The van der Waals surface area contributed by atoms with Gasteiger partial charge in [0.15, 0.2) is 0 Å². The summed E-state index contributed by atoms with van der Waals surface area (Å²) in [7, 11) is -2.80. The summed E-state index contributed by atoms with van der Waals surface area (Å²) in [6, 6.07) is 27.5. The predicted octanol–water partition coefficient (Wildman–Crippen LogP) is 4.52. The number of carbonyl (C=O) groups excluding carboxylic acids is 2. The molecule has 1 aliphatic heterocycles. The van der Waals surface area contributed by atoms with Crippen molar-refractivity contribution in [3.8, 4) is 11.8 Å². The fourth-order valence-electron chi connectivity index (χ4n) is 5.38. The van der Waals surface area contributed by atoms with Crippen molar-refractivity contribution >= 4 is 32.6 Å². The predicted molar refractivity (Wildman–Crippen MR) is 162 cm³/mol. The Bertz CT molecular complexity index is 1800. The lowest BCUT2D eigenvalue weighted by atomic mass is 10.1. The number of hydrogen-bond donors (Lipinski definition) is 0. The minimum Gasteiger partial charge on any atom is -0.497 e. The highest BCUT2D eigenvalue weighted by Gasteiger charge is 2.46. The fourth-order valence-corrected chi connectivity index (χ4v) is 7.10. The lowest BCUT2D eigenvalue weighted by molar-refractivity contribution is -0.146. The molecule has 4 aromatic carbocycles. The van der Waals surface area contributed by atoms with E-state index in [-0.39, 0.29) is 24.4 Å². The van der Waals surface area contributed by atoms with Crippen molar-refractivity contribution in [1.82, 2.24) is 14.3 Å². The van der Waals surface area contributed by atoms with Gasteiger partial charge in [-0.3, -0.25) is 14.6 Å². The molecule has 4 aromatic rings. The van der Waals surface area contributed by atoms with Gasteiger partial charge in [0, 0.05) is 26.6 Å². The zero-order chi connectivity index (χ0) is 30.6. The summed E-state index contributed by atoms with van der Waals surface area (Å²) in [5.74, 6) is -0.245. The number of hydrazine groups is 1. The molecular weight excluding hydrogens is 564 g/mol. The third-order valence-electron chi connectivity index (χ3n) is 7.58. The topological polar surface area (TPSA) is 111 Å². The summed E-state index contributed by atoms with van der Waals surface area (Å²) in [6.45, 7) is 1.90. The van der Waals surface area contributed by atoms with E-state index in [1.165, 1.54) is 18.0 Å². The van der Waals surface area contributed by atoms with Gasteiger partial charge in [-0.05, 0) is 71.1 Å². The lowest BCUT2D eigenvalue weighted by Crippen LogP contribution is -2.56. The lowest BCUT2D eigenvalue weighted by Gasteiger charge is -2.36. The maximum absolute atomic E-state index is 14.4. The second-order valence-electron chi connectivity index (χ2n) is 10.4. The Kier molecular flexibility index (Phi) is 8.76. The number of benzene rings is 4. The van der Waals surface area contributed by atoms with E-state index in [1.54, 1.807) is 54.5 Å². The van der Waals surface area contributed by atoms with E-state index in [4.69, 9.17) is 4.74 Å². The molecule has 0 aromatic heterocycles. The number of hydrogen-bond acceptors (Lipinski definition) is 6. The smallest absolute Gasteiger partial charge is 0.260 e. The highest BCUT2D eigenvalue weighted by molar-refractivity contribution is 7.89. The van der Waals surface area contributed by atoms with E-state index in [0.717, 1.165) is 20.9 Å². The summed E-state index contributed by atoms with van der Waals surface area (Å²) < 4.78 is 35.2. The largest absolute Gasteiger partial charge is 0.497 e. The first-order valence-electron chi connectivity index (χ1n) is 13.9. The van der Waals surface area contributed by atoms with Crippen molar-refractivity contribution in [2.24, 2.45) is 0 Å². The molecular formula is C33H32N4O5S. The number of nitriles is 1. The van der Waals surface area contributed by atoms with Gasteiger partial charge in [-0.2, -0.15) is 5.26 Å². The standard InChI is InChI=1S/C33H32N4O5S/c1-24(38)36(18-15-25-7-4-3-5-8-25)37(32-16-17-35(33(32)39)23-27-10-6-9-26(19-27)22-34)43(40,41)31-14-12-28-20-30(42-2)13-11-29(28)21-31/h3-14,19-21,32H,15-18,23H2,1-2H3/t32-/m0/s1. The summed E-state index contributed by atoms with van der Waals surface area (Å²) >= 11 is 0. The SMILES string of the molecule is COc1ccc2cc(S(=O)(=O)N([C@H]3CCN(Cc4cccc(C#N)c4)C3=O)N(CCc3ccccc3)C(C)=O)ccc2c1. The second kappa shape index (κ2) is 12.7. The highest BCUT2D eigenvalue weighted by atomic mass is 32.2. The van der Waals surface area contributed by atoms with Gasteiger partial charge in [0.2, 0.25) is 11.8 Å². The van der Waals surface area contributed by atoms with E-state index in [9.17, 15) is 23.3 Å². The van der Waals surface area contributed by atoms with E-state index >= 15 is 0 Å². The maximum Gasteiger partial charge on any atom is 0.260 e. The molecule has 220 valence electrons. The van der Waals surface area contributed by atoms with Crippen molar-refractivity contribution < 1.29 is 22.7 Å². The van der Waals surface area contributed by atoms with Gasteiger partial charge in [-0.25, -0.2) is 8.42 Å². The van der Waals surface area contributed by atoms with Crippen LogP contribution in [0.2, 0.25) is 0 Å². The van der Waals surface area contributed by atoms with Crippen LogP contribution in [0.4, 0.5) is 0 Å². The Morgan fingerprint density at radius 3 is 2.42 bits per heavy atom. The Balaban J connectivity index is 1.52. The minimum absolute atomic E-state index is 0.0240. The summed E-state index contributed by atoms with van der Waals surface area (Å²) in [5.41, 5.74) is 2.17. The van der Waals surface area contributed by atoms with E-state index in [0.29, 0.717) is 29.7 Å². The molecule has 0 saturated carbocycles. The average molecular weight is 597 g/mol. The van der Waals surface area contributed by atoms with Gasteiger partial charge < -0.3 is 9.64 Å². The van der Waals surface area contributed by atoms with Gasteiger partial charge in [-0.1, -0.05) is 59.0 Å². The third-order valence-corrected chi connectivity index (χ3v) is 9.38. The first-order chi connectivity index (χ1) is 20.7. The number of nitrogens with zero attached hydrogens (tertiary/aromatic N) is 4. The summed E-state index contributed by atoms with van der Waals surface area (Å²) in [6.07, 6.45) is 0.603. The minimum atomic E-state index is -4.36. The van der Waals surface area contributed by atoms with Crippen LogP contribution < -0.4 is 4.74 Å². The van der Waals surface area contributed by atoms with Crippen LogP contribution in [0.3, 0.4) is 0 Å². The summed E-state index contributed by atoms with van der Waals surface area (Å²) in [4.78, 5) is 28.5. The number of sulfonamides is 1. The van der Waals surface area contributed by atoms with Crippen molar-refractivity contribution in [2.45, 2.75) is 37.2 Å². The molecule has 2 amide bonds. The molecule has 1 aliphatic rings. The number of rotatable bonds is 10. The Morgan fingerprint density at radius 2 is 1.70 bits per heavy atom. The molecule has 1 fully saturated rings. The molecule has 0 spiro atoms. The van der Waals surface area contributed by atoms with Gasteiger partial charge >= 0.3 is 0 Å². The number of carbonyl (C=O) groups is 2. The molecule has 0 N–H and O–H groups in total. The Labute approximate surface area is 251 Å². The van der Waals surface area contributed by atoms with Crippen molar-refractivity contribution in [1.29, 1.82) is 5.26 Å². The van der Waals surface area contributed by atoms with Crippen LogP contribution >= 0.6 is 0 Å². The monoisotopic (exact) mass is 596 g/mol. The first kappa shape index (κ1) is 29.8. The molecule has 0 unspecified atom stereocenters. The Morgan fingerprint density at radius 1 is 0.977 bits per heavy atom. The quantitative estimate of drug-likeness (QED) is 0.249. The van der Waals surface area contributed by atoms with Crippen LogP contribution in [0.15, 0.2) is 95.9 Å².